The van der Waals surface area contributed by atoms with Crippen molar-refractivity contribution < 1.29 is 9.53 Å². The molecule has 6 nitrogen and oxygen atoms in total. The summed E-state index contributed by atoms with van der Waals surface area (Å²) in [5, 5.41) is 11.0. The van der Waals surface area contributed by atoms with Gasteiger partial charge in [-0.25, -0.2) is 9.48 Å². The van der Waals surface area contributed by atoms with Crippen LogP contribution in [0.25, 0.3) is 0 Å². The molecule has 0 spiro atoms. The lowest BCUT2D eigenvalue weighted by Gasteiger charge is -2.23. The van der Waals surface area contributed by atoms with Gasteiger partial charge >= 0.3 is 5.97 Å². The summed E-state index contributed by atoms with van der Waals surface area (Å²) in [7, 11) is 1.36. The van der Waals surface area contributed by atoms with Gasteiger partial charge in [-0.05, 0) is 19.4 Å². The van der Waals surface area contributed by atoms with Crippen LogP contribution in [0, 0.1) is 0 Å². The Bertz CT molecular complexity index is 357. The summed E-state index contributed by atoms with van der Waals surface area (Å²) in [5.41, 5.74) is 0.412. The number of esters is 1. The molecule has 1 N–H and O–H groups in total. The summed E-state index contributed by atoms with van der Waals surface area (Å²) in [6.45, 7) is 1.71. The first kappa shape index (κ1) is 11.1. The van der Waals surface area contributed by atoms with Crippen LogP contribution in [0.15, 0.2) is 6.20 Å². The number of ether oxygens (including phenoxy) is 1. The van der Waals surface area contributed by atoms with Gasteiger partial charge in [-0.15, -0.1) is 5.10 Å². The number of carbonyl (C=O) groups excluding carboxylic acids is 1. The highest BCUT2D eigenvalue weighted by Crippen LogP contribution is 2.10. The molecule has 16 heavy (non-hydrogen) atoms. The number of rotatable bonds is 3. The van der Waals surface area contributed by atoms with Gasteiger partial charge in [0.15, 0.2) is 5.69 Å². The number of hydrogen-bond acceptors (Lipinski definition) is 5. The summed E-state index contributed by atoms with van der Waals surface area (Å²) >= 11 is 0. The van der Waals surface area contributed by atoms with Crippen LogP contribution < -0.4 is 5.32 Å². The minimum absolute atomic E-state index is 0.374. The third-order valence-corrected chi connectivity index (χ3v) is 2.82. The van der Waals surface area contributed by atoms with Crippen LogP contribution in [0.2, 0.25) is 0 Å². The van der Waals surface area contributed by atoms with Crippen LogP contribution in [0.4, 0.5) is 0 Å². The molecule has 0 aliphatic carbocycles. The second kappa shape index (κ2) is 5.07. The van der Waals surface area contributed by atoms with Gasteiger partial charge in [0, 0.05) is 6.04 Å². The van der Waals surface area contributed by atoms with Crippen molar-refractivity contribution in [3.05, 3.63) is 11.9 Å². The minimum Gasteiger partial charge on any atom is -0.464 e. The van der Waals surface area contributed by atoms with Crippen molar-refractivity contribution in [3.63, 3.8) is 0 Å². The molecule has 1 aliphatic heterocycles. The SMILES string of the molecule is COC(=O)c1cnnn1CC1CCCCN1. The first-order valence-corrected chi connectivity index (χ1v) is 5.51. The Morgan fingerprint density at radius 1 is 1.69 bits per heavy atom. The fourth-order valence-corrected chi connectivity index (χ4v) is 1.94. The van der Waals surface area contributed by atoms with E-state index in [1.807, 2.05) is 0 Å². The quantitative estimate of drug-likeness (QED) is 0.743. The van der Waals surface area contributed by atoms with Crippen LogP contribution in [0.3, 0.4) is 0 Å². The maximum atomic E-state index is 11.4. The Hall–Kier alpha value is -1.43. The van der Waals surface area contributed by atoms with E-state index in [1.54, 1.807) is 4.68 Å². The zero-order valence-corrected chi connectivity index (χ0v) is 9.35. The van der Waals surface area contributed by atoms with E-state index in [1.165, 1.54) is 26.1 Å². The topological polar surface area (TPSA) is 69.0 Å². The fraction of sp³-hybridized carbons (Fsp3) is 0.700. The third-order valence-electron chi connectivity index (χ3n) is 2.82. The molecule has 0 bridgehead atoms. The number of hydrogen-bond donors (Lipinski definition) is 1. The average Bonchev–Trinajstić information content (AvgIpc) is 2.77. The zero-order chi connectivity index (χ0) is 11.4. The second-order valence-corrected chi connectivity index (χ2v) is 3.94. The summed E-state index contributed by atoms with van der Waals surface area (Å²) in [6.07, 6.45) is 4.99. The van der Waals surface area contributed by atoms with Crippen molar-refractivity contribution in [1.29, 1.82) is 0 Å². The fourth-order valence-electron chi connectivity index (χ4n) is 1.94. The van der Waals surface area contributed by atoms with E-state index in [0.29, 0.717) is 18.3 Å². The zero-order valence-electron chi connectivity index (χ0n) is 9.35. The van der Waals surface area contributed by atoms with E-state index >= 15 is 0 Å². The molecule has 0 saturated carbocycles. The molecule has 1 unspecified atom stereocenters. The molecular weight excluding hydrogens is 208 g/mol. The van der Waals surface area contributed by atoms with Crippen LogP contribution in [-0.2, 0) is 11.3 Å². The Kier molecular flexibility index (Phi) is 3.51. The summed E-state index contributed by atoms with van der Waals surface area (Å²) < 4.78 is 6.27. The molecule has 2 heterocycles. The van der Waals surface area contributed by atoms with E-state index < -0.39 is 0 Å². The lowest BCUT2D eigenvalue weighted by atomic mass is 10.1. The number of methoxy groups -OCH3 is 1. The first-order valence-electron chi connectivity index (χ1n) is 5.51. The lowest BCUT2D eigenvalue weighted by Crippen LogP contribution is -2.38. The Morgan fingerprint density at radius 2 is 2.56 bits per heavy atom. The predicted molar refractivity (Wildman–Crippen MR) is 57.0 cm³/mol. The van der Waals surface area contributed by atoms with Crippen LogP contribution in [0.1, 0.15) is 29.8 Å². The van der Waals surface area contributed by atoms with E-state index in [0.717, 1.165) is 13.0 Å². The number of nitrogens with one attached hydrogen (secondary N) is 1. The molecule has 2 rings (SSSR count). The van der Waals surface area contributed by atoms with Gasteiger partial charge in [0.25, 0.3) is 0 Å². The van der Waals surface area contributed by atoms with E-state index in [-0.39, 0.29) is 5.97 Å². The number of carbonyl (C=O) groups is 1. The first-order chi connectivity index (χ1) is 7.81. The molecule has 88 valence electrons. The highest BCUT2D eigenvalue weighted by molar-refractivity contribution is 5.86. The molecule has 0 aromatic carbocycles. The largest absolute Gasteiger partial charge is 0.464 e. The minimum atomic E-state index is -0.388. The summed E-state index contributed by atoms with van der Waals surface area (Å²) in [4.78, 5) is 11.4. The van der Waals surface area contributed by atoms with Gasteiger partial charge < -0.3 is 10.1 Å². The molecule has 1 saturated heterocycles. The van der Waals surface area contributed by atoms with E-state index in [2.05, 4.69) is 20.4 Å². The second-order valence-electron chi connectivity index (χ2n) is 3.94. The van der Waals surface area contributed by atoms with E-state index in [9.17, 15) is 4.79 Å². The van der Waals surface area contributed by atoms with Crippen molar-refractivity contribution in [3.8, 4) is 0 Å². The van der Waals surface area contributed by atoms with Crippen molar-refractivity contribution >= 4 is 5.97 Å². The number of nitrogens with zero attached hydrogens (tertiary/aromatic N) is 3. The standard InChI is InChI=1S/C10H16N4O2/c1-16-10(15)9-6-12-13-14(9)7-8-4-2-3-5-11-8/h6,8,11H,2-5,7H2,1H3. The van der Waals surface area contributed by atoms with Gasteiger partial charge in [0.2, 0.25) is 0 Å². The van der Waals surface area contributed by atoms with Gasteiger partial charge in [0.05, 0.1) is 19.9 Å². The van der Waals surface area contributed by atoms with Crippen molar-refractivity contribution in [2.75, 3.05) is 13.7 Å². The number of aromatic nitrogens is 3. The summed E-state index contributed by atoms with van der Waals surface area (Å²) in [5.74, 6) is -0.388. The van der Waals surface area contributed by atoms with Crippen LogP contribution in [-0.4, -0.2) is 40.7 Å². The van der Waals surface area contributed by atoms with Crippen molar-refractivity contribution in [1.82, 2.24) is 20.3 Å². The molecule has 1 aromatic rings. The van der Waals surface area contributed by atoms with Crippen LogP contribution in [0.5, 0.6) is 0 Å². The monoisotopic (exact) mass is 224 g/mol. The van der Waals surface area contributed by atoms with Crippen LogP contribution >= 0.6 is 0 Å². The summed E-state index contributed by atoms with van der Waals surface area (Å²) in [6, 6.07) is 0.374. The molecule has 1 aromatic heterocycles. The Morgan fingerprint density at radius 3 is 3.25 bits per heavy atom. The van der Waals surface area contributed by atoms with Gasteiger partial charge in [-0.1, -0.05) is 11.6 Å². The maximum absolute atomic E-state index is 11.4. The van der Waals surface area contributed by atoms with Crippen molar-refractivity contribution in [2.24, 2.45) is 0 Å². The van der Waals surface area contributed by atoms with Gasteiger partial charge in [-0.2, -0.15) is 0 Å². The lowest BCUT2D eigenvalue weighted by molar-refractivity contribution is 0.0585. The Balaban J connectivity index is 2.03. The Labute approximate surface area is 94.0 Å². The molecule has 6 heteroatoms. The van der Waals surface area contributed by atoms with E-state index in [4.69, 9.17) is 0 Å². The highest BCUT2D eigenvalue weighted by atomic mass is 16.5. The molecule has 0 radical (unpaired) electrons. The average molecular weight is 224 g/mol. The maximum Gasteiger partial charge on any atom is 0.358 e. The smallest absolute Gasteiger partial charge is 0.358 e. The predicted octanol–water partition coefficient (Wildman–Crippen LogP) is 0.207. The normalized spacial score (nSPS) is 20.7. The number of piperidine rings is 1. The molecule has 1 aliphatic rings. The van der Waals surface area contributed by atoms with Gasteiger partial charge in [0.1, 0.15) is 0 Å². The third kappa shape index (κ3) is 2.38. The van der Waals surface area contributed by atoms with Gasteiger partial charge in [-0.3, -0.25) is 0 Å². The molecular formula is C10H16N4O2. The molecule has 1 fully saturated rings. The van der Waals surface area contributed by atoms with Crippen molar-refractivity contribution in [2.45, 2.75) is 31.8 Å². The highest BCUT2D eigenvalue weighted by Gasteiger charge is 2.18. The molecule has 1 atom stereocenters. The molecule has 0 amide bonds.